The summed E-state index contributed by atoms with van der Waals surface area (Å²) in [7, 11) is 3.26. The Kier molecular flexibility index (Phi) is 7.59. The van der Waals surface area contributed by atoms with Gasteiger partial charge in [-0.1, -0.05) is 18.5 Å². The first-order chi connectivity index (χ1) is 13.2. The highest BCUT2D eigenvalue weighted by molar-refractivity contribution is 7.18. The van der Waals surface area contributed by atoms with Gasteiger partial charge in [0.1, 0.15) is 5.00 Å². The van der Waals surface area contributed by atoms with Crippen LogP contribution in [0.5, 0.6) is 0 Å². The molecule has 0 aliphatic carbocycles. The molecule has 2 amide bonds. The number of aryl methyl sites for hydroxylation is 1. The molecule has 0 aromatic carbocycles. The second-order valence-corrected chi connectivity index (χ2v) is 7.77. The third-order valence-corrected chi connectivity index (χ3v) is 5.20. The molecule has 0 aliphatic heterocycles. The predicted molar refractivity (Wildman–Crippen MR) is 108 cm³/mol. The number of esters is 1. The van der Waals surface area contributed by atoms with Crippen molar-refractivity contribution in [3.8, 4) is 0 Å². The van der Waals surface area contributed by atoms with Crippen LogP contribution in [0, 0.1) is 6.92 Å². The molecule has 0 fully saturated rings. The molecule has 1 N–H and O–H groups in total. The molecule has 0 aliphatic rings. The zero-order valence-corrected chi connectivity index (χ0v) is 17.8. The molecule has 0 saturated heterocycles. The molecule has 2 aromatic rings. The smallest absolute Gasteiger partial charge is 0.341 e. The molecule has 2 aromatic heterocycles. The maximum atomic E-state index is 12.5. The molecule has 10 heteroatoms. The van der Waals surface area contributed by atoms with Crippen molar-refractivity contribution in [3.05, 3.63) is 33.4 Å². The van der Waals surface area contributed by atoms with Gasteiger partial charge in [0.2, 0.25) is 5.91 Å². The zero-order chi connectivity index (χ0) is 20.8. The van der Waals surface area contributed by atoms with Crippen molar-refractivity contribution in [2.24, 2.45) is 0 Å². The van der Waals surface area contributed by atoms with Crippen molar-refractivity contribution in [1.82, 2.24) is 14.7 Å². The highest BCUT2D eigenvalue weighted by Gasteiger charge is 2.27. The summed E-state index contributed by atoms with van der Waals surface area (Å²) in [5, 5.41) is 7.55. The number of hydrogen-bond acceptors (Lipinski definition) is 6. The van der Waals surface area contributed by atoms with Gasteiger partial charge in [-0.25, -0.2) is 4.79 Å². The van der Waals surface area contributed by atoms with E-state index in [9.17, 15) is 14.4 Å². The van der Waals surface area contributed by atoms with Crippen LogP contribution in [0.3, 0.4) is 0 Å². The number of ether oxygens (including phenoxy) is 1. The summed E-state index contributed by atoms with van der Waals surface area (Å²) in [5.41, 5.74) is 0.720. The van der Waals surface area contributed by atoms with Gasteiger partial charge in [0.15, 0.2) is 0 Å². The summed E-state index contributed by atoms with van der Waals surface area (Å²) >= 11 is 6.88. The van der Waals surface area contributed by atoms with Crippen LogP contribution in [0.4, 0.5) is 5.00 Å². The second-order valence-electron chi connectivity index (χ2n) is 6.32. The molecule has 0 saturated carbocycles. The zero-order valence-electron chi connectivity index (χ0n) is 16.2. The van der Waals surface area contributed by atoms with Crippen LogP contribution < -0.4 is 5.32 Å². The fraction of sp³-hybridized carbons (Fsp3) is 0.444. The minimum atomic E-state index is -0.553. The minimum absolute atomic E-state index is 0.134. The summed E-state index contributed by atoms with van der Waals surface area (Å²) in [6.07, 6.45) is 3.91. The lowest BCUT2D eigenvalue weighted by Gasteiger charge is -2.09. The lowest BCUT2D eigenvalue weighted by Crippen LogP contribution is -2.21. The van der Waals surface area contributed by atoms with Crippen LogP contribution in [-0.4, -0.2) is 53.2 Å². The summed E-state index contributed by atoms with van der Waals surface area (Å²) in [5.74, 6) is -1.09. The third-order valence-electron chi connectivity index (χ3n) is 3.81. The summed E-state index contributed by atoms with van der Waals surface area (Å²) in [4.78, 5) is 39.1. The van der Waals surface area contributed by atoms with Gasteiger partial charge in [-0.3, -0.25) is 14.3 Å². The molecule has 0 unspecified atom stereocenters. The van der Waals surface area contributed by atoms with Crippen LogP contribution in [0.15, 0.2) is 12.4 Å². The number of aromatic nitrogens is 2. The van der Waals surface area contributed by atoms with Gasteiger partial charge in [0.05, 0.1) is 28.3 Å². The molecule has 8 nitrogen and oxygen atoms in total. The topological polar surface area (TPSA) is 93.5 Å². The van der Waals surface area contributed by atoms with E-state index >= 15 is 0 Å². The largest absolute Gasteiger partial charge is 0.462 e. The lowest BCUT2D eigenvalue weighted by atomic mass is 10.1. The van der Waals surface area contributed by atoms with Gasteiger partial charge >= 0.3 is 5.97 Å². The van der Waals surface area contributed by atoms with E-state index in [1.54, 1.807) is 31.9 Å². The molecule has 28 heavy (non-hydrogen) atoms. The highest BCUT2D eigenvalue weighted by Crippen LogP contribution is 2.34. The Bertz CT molecular complexity index is 875. The van der Waals surface area contributed by atoms with E-state index in [1.165, 1.54) is 11.1 Å². The van der Waals surface area contributed by atoms with Gasteiger partial charge in [0.25, 0.3) is 5.91 Å². The Morgan fingerprint density at radius 1 is 1.36 bits per heavy atom. The maximum Gasteiger partial charge on any atom is 0.341 e. The van der Waals surface area contributed by atoms with E-state index in [2.05, 4.69) is 10.4 Å². The van der Waals surface area contributed by atoms with E-state index in [-0.39, 0.29) is 30.4 Å². The van der Waals surface area contributed by atoms with E-state index < -0.39 is 5.97 Å². The highest BCUT2D eigenvalue weighted by atomic mass is 35.5. The lowest BCUT2D eigenvalue weighted by molar-refractivity contribution is -0.116. The summed E-state index contributed by atoms with van der Waals surface area (Å²) in [6, 6.07) is 0. The predicted octanol–water partition coefficient (Wildman–Crippen LogP) is 3.20. The number of carbonyl (C=O) groups excluding carboxylic acids is 3. The van der Waals surface area contributed by atoms with Gasteiger partial charge in [-0.15, -0.1) is 11.3 Å². The maximum absolute atomic E-state index is 12.5. The average Bonchev–Trinajstić information content (AvgIpc) is 3.20. The molecule has 0 bridgehead atoms. The Morgan fingerprint density at radius 2 is 2.07 bits per heavy atom. The van der Waals surface area contributed by atoms with Gasteiger partial charge < -0.3 is 15.0 Å². The van der Waals surface area contributed by atoms with E-state index in [1.807, 2.05) is 6.92 Å². The molecule has 0 radical (unpaired) electrons. The average molecular weight is 427 g/mol. The molecule has 0 atom stereocenters. The fourth-order valence-corrected chi connectivity index (χ4v) is 3.78. The van der Waals surface area contributed by atoms with Gasteiger partial charge in [-0.05, 0) is 18.9 Å². The number of amides is 2. The first-order valence-corrected chi connectivity index (χ1v) is 9.94. The van der Waals surface area contributed by atoms with Crippen LogP contribution in [0.1, 0.15) is 45.4 Å². The number of rotatable bonds is 8. The minimum Gasteiger partial charge on any atom is -0.462 e. The number of thiophene rings is 1. The Labute approximate surface area is 172 Å². The fourth-order valence-electron chi connectivity index (χ4n) is 2.39. The Morgan fingerprint density at radius 3 is 2.64 bits per heavy atom. The monoisotopic (exact) mass is 426 g/mol. The normalized spacial score (nSPS) is 10.6. The van der Waals surface area contributed by atoms with E-state index in [4.69, 9.17) is 16.3 Å². The van der Waals surface area contributed by atoms with Crippen molar-refractivity contribution in [3.63, 3.8) is 0 Å². The molecule has 2 rings (SSSR count). The summed E-state index contributed by atoms with van der Waals surface area (Å²) < 4.78 is 6.78. The first kappa shape index (κ1) is 21.9. The van der Waals surface area contributed by atoms with Crippen molar-refractivity contribution in [2.45, 2.75) is 33.2 Å². The number of halogens is 1. The van der Waals surface area contributed by atoms with E-state index in [0.29, 0.717) is 33.4 Å². The number of nitrogens with zero attached hydrogens (tertiary/aromatic N) is 3. The quantitative estimate of drug-likeness (QED) is 0.654. The first-order valence-electron chi connectivity index (χ1n) is 8.74. The van der Waals surface area contributed by atoms with Crippen LogP contribution in [0.2, 0.25) is 5.02 Å². The Hall–Kier alpha value is -2.39. The number of hydrogen-bond donors (Lipinski definition) is 1. The van der Waals surface area contributed by atoms with Gasteiger partial charge in [0, 0.05) is 33.3 Å². The molecule has 152 valence electrons. The number of nitrogens with one attached hydrogen (secondary N) is 1. The van der Waals surface area contributed by atoms with Crippen LogP contribution in [0.25, 0.3) is 0 Å². The molecule has 0 spiro atoms. The van der Waals surface area contributed by atoms with E-state index in [0.717, 1.165) is 11.3 Å². The SMILES string of the molecule is CCCOC(=O)c1c(NC(=O)CCn2cc(Cl)cn2)sc(C(=O)N(C)C)c1C. The Balaban J connectivity index is 2.22. The van der Waals surface area contributed by atoms with Crippen LogP contribution in [-0.2, 0) is 16.1 Å². The van der Waals surface area contributed by atoms with Crippen molar-refractivity contribution in [1.29, 1.82) is 0 Å². The molecular formula is C18H23ClN4O4S. The standard InChI is InChI=1S/C18H23ClN4O4S/c1-5-8-27-18(26)14-11(2)15(17(25)22(3)4)28-16(14)21-13(24)6-7-23-10-12(19)9-20-23/h9-10H,5-8H2,1-4H3,(H,21,24). The number of carbonyl (C=O) groups is 3. The molecular weight excluding hydrogens is 404 g/mol. The van der Waals surface area contributed by atoms with Crippen molar-refractivity contribution >= 4 is 45.7 Å². The van der Waals surface area contributed by atoms with Gasteiger partial charge in [-0.2, -0.15) is 5.10 Å². The number of anilines is 1. The second kappa shape index (κ2) is 9.70. The molecule has 2 heterocycles. The summed E-state index contributed by atoms with van der Waals surface area (Å²) in [6.45, 7) is 4.16. The third kappa shape index (κ3) is 5.32. The van der Waals surface area contributed by atoms with Crippen LogP contribution >= 0.6 is 22.9 Å². The van der Waals surface area contributed by atoms with Crippen molar-refractivity contribution in [2.75, 3.05) is 26.0 Å². The van der Waals surface area contributed by atoms with Crippen molar-refractivity contribution < 1.29 is 19.1 Å².